The Kier molecular flexibility index (Phi) is 8.32. The first kappa shape index (κ1) is 27.6. The molecule has 0 bridgehead atoms. The normalized spacial score (nSPS) is 25.8. The quantitative estimate of drug-likeness (QED) is 0.139. The Labute approximate surface area is 223 Å². The summed E-state index contributed by atoms with van der Waals surface area (Å²) in [5.41, 5.74) is 0.227. The Morgan fingerprint density at radius 2 is 2.03 bits per heavy atom. The van der Waals surface area contributed by atoms with Crippen molar-refractivity contribution in [2.45, 2.75) is 70.0 Å². The van der Waals surface area contributed by atoms with Gasteiger partial charge in [0.1, 0.15) is 28.2 Å². The van der Waals surface area contributed by atoms with Gasteiger partial charge in [0.25, 0.3) is 0 Å². The predicted molar refractivity (Wildman–Crippen MR) is 136 cm³/mol. The maximum Gasteiger partial charge on any atom is 0.512 e. The number of thioether (sulfide) groups is 1. The van der Waals surface area contributed by atoms with Crippen LogP contribution in [0.25, 0.3) is 10.4 Å². The number of nitrogens with zero attached hydrogens (tertiary/aromatic N) is 3. The summed E-state index contributed by atoms with van der Waals surface area (Å²) < 4.78 is 11.6. The molecule has 0 aliphatic carbocycles. The van der Waals surface area contributed by atoms with Crippen molar-refractivity contribution >= 4 is 51.5 Å². The molecular formula is C25H33N3O7S2. The third-order valence-electron chi connectivity index (χ3n) is 7.38. The number of imidazole rings is 1. The summed E-state index contributed by atoms with van der Waals surface area (Å²) in [4.78, 5) is 44.3. The molecule has 202 valence electrons. The summed E-state index contributed by atoms with van der Waals surface area (Å²) in [5, 5.41) is 23.8. The second kappa shape index (κ2) is 11.1. The fraction of sp³-hybridized carbons (Fsp3) is 0.600. The molecule has 4 rings (SSSR count). The molecule has 1 fully saturated rings. The summed E-state index contributed by atoms with van der Waals surface area (Å²) in [6, 6.07) is -0.614. The summed E-state index contributed by atoms with van der Waals surface area (Å²) in [6.45, 7) is 5.13. The number of β-lactam (4-membered cyclic amide) rings is 1. The molecule has 12 heteroatoms. The van der Waals surface area contributed by atoms with Gasteiger partial charge in [-0.05, 0) is 19.6 Å². The van der Waals surface area contributed by atoms with Crippen LogP contribution >= 0.6 is 23.1 Å². The zero-order chi connectivity index (χ0) is 26.9. The Morgan fingerprint density at radius 3 is 2.68 bits per heavy atom. The highest BCUT2D eigenvalue weighted by Crippen LogP contribution is 2.57. The van der Waals surface area contributed by atoms with E-state index in [1.165, 1.54) is 30.0 Å². The van der Waals surface area contributed by atoms with E-state index >= 15 is 0 Å². The van der Waals surface area contributed by atoms with Gasteiger partial charge in [-0.2, -0.15) is 4.48 Å². The molecule has 2 aliphatic heterocycles. The number of carbonyl (C=O) groups excluding carboxylic acids is 3. The van der Waals surface area contributed by atoms with Crippen LogP contribution in [0, 0.1) is 11.8 Å². The SMILES string of the molecule is CCCCCCCOC(=O)OC[N+]12C(=O)[C@H]([C@@H](C)O)[C@H]1[C@@H](C)C(c1cn3cnc(SC)c3s1)=C2C(=O)[O-]. The number of ether oxygens (including phenoxy) is 2. The van der Waals surface area contributed by atoms with Crippen LogP contribution in [0.5, 0.6) is 0 Å². The molecule has 4 heterocycles. The van der Waals surface area contributed by atoms with Gasteiger partial charge in [-0.15, -0.1) is 23.1 Å². The number of carboxylic acid groups (broad SMARTS) is 1. The zero-order valence-corrected chi connectivity index (χ0v) is 23.1. The lowest BCUT2D eigenvalue weighted by Gasteiger charge is -2.52. The topological polar surface area (TPSA) is 130 Å². The molecule has 2 aromatic heterocycles. The number of amides is 1. The van der Waals surface area contributed by atoms with E-state index in [0.717, 1.165) is 35.5 Å². The van der Waals surface area contributed by atoms with Crippen molar-refractivity contribution in [3.05, 3.63) is 23.1 Å². The number of unbranched alkanes of at least 4 members (excludes halogenated alkanes) is 4. The molecule has 0 saturated carbocycles. The average Bonchev–Trinajstić information content (AvgIpc) is 3.49. The summed E-state index contributed by atoms with van der Waals surface area (Å²) in [5.74, 6) is -3.23. The largest absolute Gasteiger partial charge is 0.540 e. The van der Waals surface area contributed by atoms with Crippen LogP contribution in [-0.4, -0.2) is 68.7 Å². The van der Waals surface area contributed by atoms with Crippen LogP contribution in [0.4, 0.5) is 4.79 Å². The minimum Gasteiger partial charge on any atom is -0.540 e. The van der Waals surface area contributed by atoms with Crippen molar-refractivity contribution in [2.75, 3.05) is 19.6 Å². The van der Waals surface area contributed by atoms with Crippen LogP contribution < -0.4 is 5.11 Å². The van der Waals surface area contributed by atoms with Gasteiger partial charge in [0, 0.05) is 17.7 Å². The number of quaternary nitrogens is 1. The maximum atomic E-state index is 13.5. The van der Waals surface area contributed by atoms with Gasteiger partial charge >= 0.3 is 12.1 Å². The van der Waals surface area contributed by atoms with Crippen molar-refractivity contribution in [1.29, 1.82) is 0 Å². The van der Waals surface area contributed by atoms with E-state index in [1.807, 2.05) is 17.6 Å². The van der Waals surface area contributed by atoms with E-state index in [-0.39, 0.29) is 12.3 Å². The van der Waals surface area contributed by atoms with Gasteiger partial charge < -0.3 is 24.5 Å². The van der Waals surface area contributed by atoms with Gasteiger partial charge in [-0.3, -0.25) is 4.40 Å². The number of thiazole rings is 1. The molecule has 2 aliphatic rings. The highest BCUT2D eigenvalue weighted by molar-refractivity contribution is 7.98. The molecule has 1 saturated heterocycles. The fourth-order valence-electron chi connectivity index (χ4n) is 5.72. The van der Waals surface area contributed by atoms with E-state index in [1.54, 1.807) is 12.5 Å². The molecule has 1 N–H and O–H groups in total. The number of carboxylic acids is 1. The molecule has 2 aromatic rings. The van der Waals surface area contributed by atoms with E-state index in [0.29, 0.717) is 16.9 Å². The highest BCUT2D eigenvalue weighted by atomic mass is 32.2. The van der Waals surface area contributed by atoms with E-state index in [4.69, 9.17) is 9.47 Å². The molecule has 0 radical (unpaired) electrons. The number of aliphatic hydroxyl groups is 1. The number of aliphatic hydroxyl groups excluding tert-OH is 1. The van der Waals surface area contributed by atoms with E-state index in [9.17, 15) is 24.6 Å². The second-order valence-electron chi connectivity index (χ2n) is 9.65. The van der Waals surface area contributed by atoms with Crippen LogP contribution in [-0.2, 0) is 19.1 Å². The van der Waals surface area contributed by atoms with Crippen molar-refractivity contribution in [3.8, 4) is 0 Å². The first-order valence-electron chi connectivity index (χ1n) is 12.6. The predicted octanol–water partition coefficient (Wildman–Crippen LogP) is 3.03. The summed E-state index contributed by atoms with van der Waals surface area (Å²) in [6.07, 6.45) is 8.33. The van der Waals surface area contributed by atoms with Crippen LogP contribution in [0.1, 0.15) is 57.8 Å². The maximum absolute atomic E-state index is 13.5. The van der Waals surface area contributed by atoms with Crippen molar-refractivity contribution in [1.82, 2.24) is 9.38 Å². The highest BCUT2D eigenvalue weighted by Gasteiger charge is 2.74. The minimum absolute atomic E-state index is 0.189. The number of aliphatic carboxylic acids is 1. The van der Waals surface area contributed by atoms with Crippen LogP contribution in [0.3, 0.4) is 0 Å². The number of rotatable bonds is 12. The van der Waals surface area contributed by atoms with Gasteiger partial charge in [0.05, 0.1) is 17.6 Å². The third kappa shape index (κ3) is 4.68. The first-order valence-corrected chi connectivity index (χ1v) is 14.6. The molecule has 10 nitrogen and oxygen atoms in total. The van der Waals surface area contributed by atoms with Gasteiger partial charge in [0.2, 0.25) is 6.73 Å². The number of hydrogen-bond donors (Lipinski definition) is 1. The van der Waals surface area contributed by atoms with E-state index < -0.39 is 53.2 Å². The molecule has 37 heavy (non-hydrogen) atoms. The van der Waals surface area contributed by atoms with Crippen molar-refractivity contribution in [2.24, 2.45) is 11.8 Å². The zero-order valence-electron chi connectivity index (χ0n) is 21.5. The van der Waals surface area contributed by atoms with Gasteiger partial charge in [-0.25, -0.2) is 14.6 Å². The van der Waals surface area contributed by atoms with E-state index in [2.05, 4.69) is 11.9 Å². The Bertz CT molecular complexity index is 1220. The lowest BCUT2D eigenvalue weighted by molar-refractivity contribution is -0.892. The second-order valence-corrected chi connectivity index (χ2v) is 11.5. The minimum atomic E-state index is -1.50. The Hall–Kier alpha value is -2.41. The molecular weight excluding hydrogens is 518 g/mol. The standard InChI is InChI=1S/C25H33N3O7S2/c1-5-6-7-8-9-10-34-25(33)35-13-28-19(18(15(3)29)23(28)30)14(2)17(20(28)24(31)32)16-11-27-12-26-21(36-4)22(27)37-16/h11-12,14-15,18-19,29H,5-10,13H2,1-4H3/t14-,15+,18+,19+,28?/m0/s1. The van der Waals surface area contributed by atoms with Gasteiger partial charge in [-0.1, -0.05) is 39.5 Å². The van der Waals surface area contributed by atoms with Gasteiger partial charge in [0.15, 0.2) is 11.6 Å². The lowest BCUT2D eigenvalue weighted by Crippen LogP contribution is -2.77. The fourth-order valence-corrected chi connectivity index (χ4v) is 7.64. The van der Waals surface area contributed by atoms with Crippen molar-refractivity contribution < 1.29 is 38.6 Å². The molecule has 1 amide bonds. The number of fused-ring (bicyclic) bond motifs is 2. The lowest BCUT2D eigenvalue weighted by atomic mass is 9.75. The Morgan fingerprint density at radius 1 is 1.30 bits per heavy atom. The molecule has 1 unspecified atom stereocenters. The summed E-state index contributed by atoms with van der Waals surface area (Å²) in [7, 11) is 0. The number of aromatic nitrogens is 2. The van der Waals surface area contributed by atoms with Crippen molar-refractivity contribution in [3.63, 3.8) is 0 Å². The van der Waals surface area contributed by atoms with Crippen LogP contribution in [0.2, 0.25) is 0 Å². The molecule has 5 atom stereocenters. The summed E-state index contributed by atoms with van der Waals surface area (Å²) >= 11 is 2.86. The first-order chi connectivity index (χ1) is 17.7. The van der Waals surface area contributed by atoms with Crippen LogP contribution in [0.15, 0.2) is 23.2 Å². The number of hydrogen-bond acceptors (Lipinski definition) is 10. The molecule has 0 aromatic carbocycles. The number of carbonyl (C=O) groups is 3. The Balaban J connectivity index is 1.63. The monoisotopic (exact) mass is 551 g/mol. The smallest absolute Gasteiger partial charge is 0.512 e. The molecule has 0 spiro atoms. The average molecular weight is 552 g/mol. The third-order valence-corrected chi connectivity index (χ3v) is 9.34.